The zero-order chi connectivity index (χ0) is 13.8. The Kier molecular flexibility index (Phi) is 4.65. The van der Waals surface area contributed by atoms with Crippen molar-refractivity contribution < 1.29 is 4.74 Å². The largest absolute Gasteiger partial charge is 0.377 e. The molecule has 0 amide bonds. The van der Waals surface area contributed by atoms with E-state index in [-0.39, 0.29) is 0 Å². The highest BCUT2D eigenvalue weighted by Crippen LogP contribution is 2.18. The van der Waals surface area contributed by atoms with Crippen molar-refractivity contribution in [3.8, 4) is 0 Å². The van der Waals surface area contributed by atoms with Crippen molar-refractivity contribution in [3.63, 3.8) is 0 Å². The highest BCUT2D eigenvalue weighted by Gasteiger charge is 2.20. The summed E-state index contributed by atoms with van der Waals surface area (Å²) in [6, 6.07) is 0.720. The lowest BCUT2D eigenvalue weighted by Crippen LogP contribution is -2.31. The molecule has 6 nitrogen and oxygen atoms in total. The van der Waals surface area contributed by atoms with E-state index in [4.69, 9.17) is 4.74 Å². The molecule has 0 aromatic carbocycles. The van der Waals surface area contributed by atoms with Crippen LogP contribution in [-0.4, -0.2) is 58.8 Å². The fraction of sp³-hybridized carbons (Fsp3) is 0.857. The molecule has 0 spiro atoms. The van der Waals surface area contributed by atoms with Gasteiger partial charge in [-0.05, 0) is 32.7 Å². The SMILES string of the molecule is CN(CCn1cc(CNC2CC2)nn1)CC1CCCO1. The van der Waals surface area contributed by atoms with Gasteiger partial charge in [-0.15, -0.1) is 5.10 Å². The van der Waals surface area contributed by atoms with E-state index in [0.717, 1.165) is 44.5 Å². The van der Waals surface area contributed by atoms with Gasteiger partial charge >= 0.3 is 0 Å². The molecule has 1 saturated carbocycles. The van der Waals surface area contributed by atoms with E-state index >= 15 is 0 Å². The van der Waals surface area contributed by atoms with E-state index in [0.29, 0.717) is 6.10 Å². The standard InChI is InChI=1S/C14H25N5O/c1-18(11-14-3-2-8-20-14)6-7-19-10-13(16-17-19)9-15-12-4-5-12/h10,12,14-15H,2-9,11H2,1H3. The molecule has 112 valence electrons. The highest BCUT2D eigenvalue weighted by atomic mass is 16.5. The molecule has 1 saturated heterocycles. The number of aromatic nitrogens is 3. The van der Waals surface area contributed by atoms with Crippen LogP contribution in [0.1, 0.15) is 31.4 Å². The van der Waals surface area contributed by atoms with Gasteiger partial charge in [-0.1, -0.05) is 5.21 Å². The van der Waals surface area contributed by atoms with Gasteiger partial charge in [0.25, 0.3) is 0 Å². The first-order valence-electron chi connectivity index (χ1n) is 7.72. The zero-order valence-corrected chi connectivity index (χ0v) is 12.3. The molecule has 0 bridgehead atoms. The lowest BCUT2D eigenvalue weighted by atomic mass is 10.2. The van der Waals surface area contributed by atoms with Crippen LogP contribution in [0, 0.1) is 0 Å². The van der Waals surface area contributed by atoms with Gasteiger partial charge in [0.2, 0.25) is 0 Å². The number of hydrogen-bond acceptors (Lipinski definition) is 5. The number of rotatable bonds is 8. The number of ether oxygens (including phenoxy) is 1. The Morgan fingerprint density at radius 1 is 1.45 bits per heavy atom. The second kappa shape index (κ2) is 6.65. The van der Waals surface area contributed by atoms with Crippen LogP contribution in [0.2, 0.25) is 0 Å². The number of hydrogen-bond donors (Lipinski definition) is 1. The fourth-order valence-electron chi connectivity index (χ4n) is 2.57. The minimum absolute atomic E-state index is 0.425. The number of likely N-dealkylation sites (N-methyl/N-ethyl adjacent to an activating group) is 1. The first-order chi connectivity index (χ1) is 9.79. The number of nitrogens with zero attached hydrogens (tertiary/aromatic N) is 4. The van der Waals surface area contributed by atoms with Crippen molar-refractivity contribution in [2.24, 2.45) is 0 Å². The lowest BCUT2D eigenvalue weighted by Gasteiger charge is -2.20. The van der Waals surface area contributed by atoms with Crippen LogP contribution in [-0.2, 0) is 17.8 Å². The molecular weight excluding hydrogens is 254 g/mol. The van der Waals surface area contributed by atoms with Crippen LogP contribution < -0.4 is 5.32 Å². The molecule has 1 aromatic heterocycles. The average Bonchev–Trinajstić information content (AvgIpc) is 2.94. The van der Waals surface area contributed by atoms with Crippen LogP contribution >= 0.6 is 0 Å². The Bertz CT molecular complexity index is 411. The van der Waals surface area contributed by atoms with Gasteiger partial charge < -0.3 is 15.0 Å². The monoisotopic (exact) mass is 279 g/mol. The Labute approximate surface area is 120 Å². The topological polar surface area (TPSA) is 55.2 Å². The molecule has 1 N–H and O–H groups in total. The molecule has 2 heterocycles. The molecule has 1 unspecified atom stereocenters. The maximum atomic E-state index is 5.66. The van der Waals surface area contributed by atoms with E-state index in [1.54, 1.807) is 0 Å². The molecule has 2 aliphatic rings. The van der Waals surface area contributed by atoms with Crippen LogP contribution in [0.5, 0.6) is 0 Å². The Morgan fingerprint density at radius 3 is 3.10 bits per heavy atom. The van der Waals surface area contributed by atoms with Crippen molar-refractivity contribution in [2.45, 2.75) is 50.9 Å². The molecule has 20 heavy (non-hydrogen) atoms. The van der Waals surface area contributed by atoms with Crippen LogP contribution in [0.3, 0.4) is 0 Å². The van der Waals surface area contributed by atoms with Crippen molar-refractivity contribution in [1.29, 1.82) is 0 Å². The van der Waals surface area contributed by atoms with Crippen LogP contribution in [0.15, 0.2) is 6.20 Å². The molecule has 1 aromatic rings. The number of nitrogens with one attached hydrogen (secondary N) is 1. The van der Waals surface area contributed by atoms with E-state index in [9.17, 15) is 0 Å². The molecule has 1 atom stereocenters. The highest BCUT2D eigenvalue weighted by molar-refractivity contribution is 4.94. The van der Waals surface area contributed by atoms with Gasteiger partial charge in [-0.3, -0.25) is 4.68 Å². The van der Waals surface area contributed by atoms with Gasteiger partial charge in [0.1, 0.15) is 0 Å². The van der Waals surface area contributed by atoms with Gasteiger partial charge in [-0.25, -0.2) is 0 Å². The van der Waals surface area contributed by atoms with E-state index in [2.05, 4.69) is 33.8 Å². The van der Waals surface area contributed by atoms with Gasteiger partial charge in [0.15, 0.2) is 0 Å². The molecule has 6 heteroatoms. The van der Waals surface area contributed by atoms with Crippen LogP contribution in [0.25, 0.3) is 0 Å². The minimum Gasteiger partial charge on any atom is -0.377 e. The lowest BCUT2D eigenvalue weighted by molar-refractivity contribution is 0.0800. The summed E-state index contributed by atoms with van der Waals surface area (Å²) < 4.78 is 7.60. The first kappa shape index (κ1) is 14.0. The summed E-state index contributed by atoms with van der Waals surface area (Å²) in [4.78, 5) is 2.32. The second-order valence-electron chi connectivity index (χ2n) is 6.03. The fourth-order valence-corrected chi connectivity index (χ4v) is 2.57. The summed E-state index contributed by atoms with van der Waals surface area (Å²) in [6.07, 6.45) is 7.50. The maximum Gasteiger partial charge on any atom is 0.0964 e. The van der Waals surface area contributed by atoms with Crippen LogP contribution in [0.4, 0.5) is 0 Å². The minimum atomic E-state index is 0.425. The van der Waals surface area contributed by atoms with Gasteiger partial charge in [0, 0.05) is 38.5 Å². The zero-order valence-electron chi connectivity index (χ0n) is 12.3. The Morgan fingerprint density at radius 2 is 2.35 bits per heavy atom. The third kappa shape index (κ3) is 4.26. The van der Waals surface area contributed by atoms with Crippen molar-refractivity contribution in [3.05, 3.63) is 11.9 Å². The predicted molar refractivity (Wildman–Crippen MR) is 76.4 cm³/mol. The molecule has 1 aliphatic heterocycles. The molecule has 1 aliphatic carbocycles. The summed E-state index contributed by atoms with van der Waals surface area (Å²) in [7, 11) is 2.15. The summed E-state index contributed by atoms with van der Waals surface area (Å²) in [5.74, 6) is 0. The van der Waals surface area contributed by atoms with Crippen molar-refractivity contribution in [1.82, 2.24) is 25.2 Å². The third-order valence-corrected chi connectivity index (χ3v) is 3.99. The molecule has 2 fully saturated rings. The van der Waals surface area contributed by atoms with Gasteiger partial charge in [-0.2, -0.15) is 0 Å². The van der Waals surface area contributed by atoms with Crippen molar-refractivity contribution >= 4 is 0 Å². The second-order valence-corrected chi connectivity index (χ2v) is 6.03. The average molecular weight is 279 g/mol. The Hall–Kier alpha value is -0.980. The van der Waals surface area contributed by atoms with Gasteiger partial charge in [0.05, 0.1) is 18.3 Å². The van der Waals surface area contributed by atoms with Crippen molar-refractivity contribution in [2.75, 3.05) is 26.7 Å². The molecule has 0 radical (unpaired) electrons. The van der Waals surface area contributed by atoms with E-state index in [1.807, 2.05) is 4.68 Å². The summed E-state index contributed by atoms with van der Waals surface area (Å²) in [5, 5.41) is 11.8. The Balaban J connectivity index is 1.36. The quantitative estimate of drug-likeness (QED) is 0.757. The smallest absolute Gasteiger partial charge is 0.0964 e. The first-order valence-corrected chi connectivity index (χ1v) is 7.72. The molecular formula is C14H25N5O. The maximum absolute atomic E-state index is 5.66. The van der Waals surface area contributed by atoms with E-state index in [1.165, 1.54) is 25.7 Å². The summed E-state index contributed by atoms with van der Waals surface area (Å²) >= 11 is 0. The summed E-state index contributed by atoms with van der Waals surface area (Å²) in [5.41, 5.74) is 1.04. The van der Waals surface area contributed by atoms with E-state index < -0.39 is 0 Å². The molecule has 3 rings (SSSR count). The third-order valence-electron chi connectivity index (χ3n) is 3.99. The normalized spacial score (nSPS) is 22.8. The predicted octanol–water partition coefficient (Wildman–Crippen LogP) is 0.641. The summed E-state index contributed by atoms with van der Waals surface area (Å²) in [6.45, 7) is 4.67.